The number of likely N-dealkylation sites (tertiary alicyclic amines) is 1. The van der Waals surface area contributed by atoms with Gasteiger partial charge in [0.05, 0.1) is 6.54 Å². The molecule has 2 fully saturated rings. The maximum absolute atomic E-state index is 12.1. The maximum Gasteiger partial charge on any atom is 0.401 e. The van der Waals surface area contributed by atoms with Gasteiger partial charge < -0.3 is 0 Å². The van der Waals surface area contributed by atoms with Crippen LogP contribution in [0.25, 0.3) is 0 Å². The molecule has 1 spiro atoms. The van der Waals surface area contributed by atoms with Crippen LogP contribution in [0.3, 0.4) is 0 Å². The Labute approximate surface area is 95.0 Å². The van der Waals surface area contributed by atoms with Gasteiger partial charge in [0.15, 0.2) is 0 Å². The van der Waals surface area contributed by atoms with Gasteiger partial charge in [-0.05, 0) is 29.6 Å². The summed E-state index contributed by atoms with van der Waals surface area (Å²) in [6.45, 7) is 7.23. The van der Waals surface area contributed by atoms with Crippen LogP contribution in [0.2, 0.25) is 0 Å². The maximum atomic E-state index is 12.1. The molecule has 0 unspecified atom stereocenters. The van der Waals surface area contributed by atoms with Crippen molar-refractivity contribution in [3.8, 4) is 0 Å². The minimum Gasteiger partial charge on any atom is -0.294 e. The molecule has 0 N–H and O–H groups in total. The summed E-state index contributed by atoms with van der Waals surface area (Å²) in [7, 11) is 0. The van der Waals surface area contributed by atoms with E-state index in [0.717, 1.165) is 12.8 Å². The Hall–Kier alpha value is -0.250. The van der Waals surface area contributed by atoms with E-state index in [4.69, 9.17) is 0 Å². The minimum absolute atomic E-state index is 0.239. The molecular formula is C12H20F3N. The number of rotatable bonds is 1. The topological polar surface area (TPSA) is 3.24 Å². The summed E-state index contributed by atoms with van der Waals surface area (Å²) < 4.78 is 36.4. The molecule has 4 heteroatoms. The molecule has 0 amide bonds. The van der Waals surface area contributed by atoms with Gasteiger partial charge in [0.25, 0.3) is 0 Å². The highest BCUT2D eigenvalue weighted by Gasteiger charge is 2.55. The standard InChI is InChI=1S/C12H20F3N/c1-10(2,3)9-4-11(5-9)6-16(7-11)8-12(13,14)15/h9H,4-8H2,1-3H3. The summed E-state index contributed by atoms with van der Waals surface area (Å²) in [6, 6.07) is 0. The summed E-state index contributed by atoms with van der Waals surface area (Å²) in [5, 5.41) is 0. The smallest absolute Gasteiger partial charge is 0.294 e. The highest BCUT2D eigenvalue weighted by atomic mass is 19.4. The van der Waals surface area contributed by atoms with Gasteiger partial charge in [-0.25, -0.2) is 0 Å². The Morgan fingerprint density at radius 3 is 2.00 bits per heavy atom. The van der Waals surface area contributed by atoms with Gasteiger partial charge in [0.2, 0.25) is 0 Å². The summed E-state index contributed by atoms with van der Waals surface area (Å²) in [4.78, 5) is 1.53. The van der Waals surface area contributed by atoms with E-state index < -0.39 is 12.7 Å². The molecule has 1 heterocycles. The molecule has 0 bridgehead atoms. The number of hydrogen-bond acceptors (Lipinski definition) is 1. The molecule has 1 nitrogen and oxygen atoms in total. The average molecular weight is 235 g/mol. The van der Waals surface area contributed by atoms with Crippen molar-refractivity contribution in [2.24, 2.45) is 16.7 Å². The zero-order valence-electron chi connectivity index (χ0n) is 10.2. The lowest BCUT2D eigenvalue weighted by Crippen LogP contribution is -2.64. The van der Waals surface area contributed by atoms with Crippen molar-refractivity contribution in [2.75, 3.05) is 19.6 Å². The Morgan fingerprint density at radius 2 is 1.62 bits per heavy atom. The highest BCUT2D eigenvalue weighted by Crippen LogP contribution is 2.57. The molecule has 2 rings (SSSR count). The van der Waals surface area contributed by atoms with Crippen LogP contribution in [0.1, 0.15) is 33.6 Å². The fraction of sp³-hybridized carbons (Fsp3) is 1.00. The first-order chi connectivity index (χ1) is 7.10. The zero-order valence-corrected chi connectivity index (χ0v) is 10.2. The van der Waals surface area contributed by atoms with Crippen molar-refractivity contribution in [1.29, 1.82) is 0 Å². The van der Waals surface area contributed by atoms with Crippen molar-refractivity contribution >= 4 is 0 Å². The van der Waals surface area contributed by atoms with E-state index in [1.165, 1.54) is 4.90 Å². The fourth-order valence-corrected chi connectivity index (χ4v) is 3.12. The van der Waals surface area contributed by atoms with Crippen molar-refractivity contribution < 1.29 is 13.2 Å². The van der Waals surface area contributed by atoms with E-state index in [0.29, 0.717) is 24.4 Å². The third-order valence-electron chi connectivity index (χ3n) is 4.10. The van der Waals surface area contributed by atoms with Crippen LogP contribution in [-0.2, 0) is 0 Å². The Kier molecular flexibility index (Phi) is 2.58. The predicted molar refractivity (Wildman–Crippen MR) is 57.1 cm³/mol. The van der Waals surface area contributed by atoms with Crippen LogP contribution >= 0.6 is 0 Å². The third-order valence-corrected chi connectivity index (χ3v) is 4.10. The first kappa shape index (κ1) is 12.2. The molecule has 1 saturated carbocycles. The van der Waals surface area contributed by atoms with Crippen LogP contribution in [0, 0.1) is 16.7 Å². The van der Waals surface area contributed by atoms with Gasteiger partial charge in [-0.3, -0.25) is 4.90 Å². The van der Waals surface area contributed by atoms with Gasteiger partial charge in [-0.15, -0.1) is 0 Å². The van der Waals surface area contributed by atoms with Crippen LogP contribution in [0.5, 0.6) is 0 Å². The molecular weight excluding hydrogens is 215 g/mol. The Balaban J connectivity index is 1.75. The molecule has 2 aliphatic rings. The number of halogens is 3. The van der Waals surface area contributed by atoms with Gasteiger partial charge in [0, 0.05) is 13.1 Å². The van der Waals surface area contributed by atoms with Gasteiger partial charge in [-0.2, -0.15) is 13.2 Å². The van der Waals surface area contributed by atoms with E-state index >= 15 is 0 Å². The fourth-order valence-electron chi connectivity index (χ4n) is 3.12. The number of alkyl halides is 3. The van der Waals surface area contributed by atoms with Crippen LogP contribution < -0.4 is 0 Å². The predicted octanol–water partition coefficient (Wildman–Crippen LogP) is 3.31. The van der Waals surface area contributed by atoms with E-state index in [-0.39, 0.29) is 5.41 Å². The molecule has 16 heavy (non-hydrogen) atoms. The van der Waals surface area contributed by atoms with E-state index in [9.17, 15) is 13.2 Å². The third kappa shape index (κ3) is 2.36. The van der Waals surface area contributed by atoms with Crippen molar-refractivity contribution in [2.45, 2.75) is 39.8 Å². The second kappa shape index (κ2) is 3.37. The lowest BCUT2D eigenvalue weighted by Gasteiger charge is -2.62. The van der Waals surface area contributed by atoms with Crippen LogP contribution in [-0.4, -0.2) is 30.7 Å². The van der Waals surface area contributed by atoms with Crippen molar-refractivity contribution in [1.82, 2.24) is 4.90 Å². The average Bonchev–Trinajstić information content (AvgIpc) is 1.85. The van der Waals surface area contributed by atoms with E-state index in [1.807, 2.05) is 0 Å². The second-order valence-electron chi connectivity index (χ2n) is 6.73. The summed E-state index contributed by atoms with van der Waals surface area (Å²) in [5.74, 6) is 0.695. The Morgan fingerprint density at radius 1 is 1.12 bits per heavy atom. The molecule has 0 aromatic heterocycles. The SMILES string of the molecule is CC(C)(C)C1CC2(C1)CN(CC(F)(F)F)C2. The molecule has 1 aliphatic carbocycles. The lowest BCUT2D eigenvalue weighted by molar-refractivity contribution is -0.192. The quantitative estimate of drug-likeness (QED) is 0.674. The number of nitrogens with zero attached hydrogens (tertiary/aromatic N) is 1. The van der Waals surface area contributed by atoms with Gasteiger partial charge in [-0.1, -0.05) is 20.8 Å². The monoisotopic (exact) mass is 235 g/mol. The Bertz CT molecular complexity index is 263. The number of hydrogen-bond donors (Lipinski definition) is 0. The lowest BCUT2D eigenvalue weighted by atomic mass is 9.52. The molecule has 1 saturated heterocycles. The van der Waals surface area contributed by atoms with Crippen molar-refractivity contribution in [3.05, 3.63) is 0 Å². The minimum atomic E-state index is -4.03. The summed E-state index contributed by atoms with van der Waals surface area (Å²) in [5.41, 5.74) is 0.554. The summed E-state index contributed by atoms with van der Waals surface area (Å²) in [6.07, 6.45) is -1.80. The normalized spacial score (nSPS) is 26.6. The molecule has 0 aromatic rings. The first-order valence-electron chi connectivity index (χ1n) is 5.89. The highest BCUT2D eigenvalue weighted by molar-refractivity contribution is 5.06. The molecule has 0 aromatic carbocycles. The van der Waals surface area contributed by atoms with E-state index in [1.54, 1.807) is 0 Å². The first-order valence-corrected chi connectivity index (χ1v) is 5.89. The molecule has 0 atom stereocenters. The molecule has 94 valence electrons. The summed E-state index contributed by atoms with van der Waals surface area (Å²) >= 11 is 0. The van der Waals surface area contributed by atoms with Crippen LogP contribution in [0.4, 0.5) is 13.2 Å². The second-order valence-corrected chi connectivity index (χ2v) is 6.73. The van der Waals surface area contributed by atoms with Gasteiger partial charge in [0.1, 0.15) is 0 Å². The largest absolute Gasteiger partial charge is 0.401 e. The molecule has 1 aliphatic heterocycles. The molecule has 0 radical (unpaired) electrons. The van der Waals surface area contributed by atoms with Crippen LogP contribution in [0.15, 0.2) is 0 Å². The zero-order chi connectivity index (χ0) is 12.2. The van der Waals surface area contributed by atoms with E-state index in [2.05, 4.69) is 20.8 Å². The van der Waals surface area contributed by atoms with Gasteiger partial charge >= 0.3 is 6.18 Å². The van der Waals surface area contributed by atoms with Crippen molar-refractivity contribution in [3.63, 3.8) is 0 Å².